The van der Waals surface area contributed by atoms with Crippen LogP contribution in [0.3, 0.4) is 0 Å². The van der Waals surface area contributed by atoms with Crippen molar-refractivity contribution >= 4 is 33.5 Å². The van der Waals surface area contributed by atoms with Gasteiger partial charge in [-0.15, -0.1) is 16.8 Å². The molecular weight excluding hydrogens is 453 g/mol. The monoisotopic (exact) mass is 473 g/mol. The van der Waals surface area contributed by atoms with Gasteiger partial charge in [-0.1, -0.05) is 60.3 Å². The van der Waals surface area contributed by atoms with Gasteiger partial charge in [0.05, 0.1) is 0 Å². The third kappa shape index (κ3) is 4.32. The molecule has 0 N–H and O–H groups in total. The number of ether oxygens (including phenoxy) is 1. The largest absolute Gasteiger partial charge is 0.483 e. The van der Waals surface area contributed by atoms with E-state index < -0.39 is 11.4 Å². The van der Waals surface area contributed by atoms with Gasteiger partial charge in [0.1, 0.15) is 12.2 Å². The van der Waals surface area contributed by atoms with E-state index in [0.29, 0.717) is 28.9 Å². The molecule has 34 heavy (non-hydrogen) atoms. The van der Waals surface area contributed by atoms with Gasteiger partial charge < -0.3 is 9.15 Å². The number of para-hydroxylation sites is 1. The van der Waals surface area contributed by atoms with E-state index in [1.807, 2.05) is 41.0 Å². The van der Waals surface area contributed by atoms with Gasteiger partial charge in [-0.3, -0.25) is 4.57 Å². The second-order valence-electron chi connectivity index (χ2n) is 7.56. The van der Waals surface area contributed by atoms with E-state index in [1.165, 1.54) is 23.9 Å². The number of fused-ring (bicyclic) bond motifs is 3. The zero-order valence-corrected chi connectivity index (χ0v) is 18.9. The Kier molecular flexibility index (Phi) is 6.14. The molecule has 5 aromatic rings. The second kappa shape index (κ2) is 9.52. The fourth-order valence-corrected chi connectivity index (χ4v) is 4.77. The van der Waals surface area contributed by atoms with Gasteiger partial charge >= 0.3 is 5.63 Å². The highest BCUT2D eigenvalue weighted by Gasteiger charge is 2.16. The normalized spacial score (nSPS) is 11.2. The molecule has 0 aliphatic carbocycles. The average molecular weight is 474 g/mol. The molecule has 2 heterocycles. The zero-order valence-electron chi connectivity index (χ0n) is 18.1. The molecule has 0 aliphatic rings. The van der Waals surface area contributed by atoms with Crippen LogP contribution in [0.25, 0.3) is 21.7 Å². The van der Waals surface area contributed by atoms with Crippen LogP contribution in [0.4, 0.5) is 4.39 Å². The number of nitrogens with zero attached hydrogens (tertiary/aromatic N) is 3. The van der Waals surface area contributed by atoms with Crippen LogP contribution in [0.2, 0.25) is 0 Å². The van der Waals surface area contributed by atoms with Crippen LogP contribution in [-0.4, -0.2) is 14.8 Å². The summed E-state index contributed by atoms with van der Waals surface area (Å²) in [5.41, 5.74) is 1.00. The molecule has 8 heteroatoms. The van der Waals surface area contributed by atoms with Gasteiger partial charge in [0, 0.05) is 23.8 Å². The Balaban J connectivity index is 1.44. The molecule has 0 saturated carbocycles. The van der Waals surface area contributed by atoms with Crippen LogP contribution in [0.1, 0.15) is 11.4 Å². The van der Waals surface area contributed by atoms with Crippen molar-refractivity contribution in [2.24, 2.45) is 0 Å². The Labute approximate surface area is 198 Å². The van der Waals surface area contributed by atoms with Crippen LogP contribution in [0.15, 0.2) is 93.8 Å². The van der Waals surface area contributed by atoms with Crippen LogP contribution in [-0.2, 0) is 18.9 Å². The molecule has 0 saturated heterocycles. The first-order valence-corrected chi connectivity index (χ1v) is 11.6. The summed E-state index contributed by atoms with van der Waals surface area (Å²) in [4.78, 5) is 12.2. The van der Waals surface area contributed by atoms with E-state index in [0.717, 1.165) is 21.7 Å². The summed E-state index contributed by atoms with van der Waals surface area (Å²) < 4.78 is 26.8. The molecular formula is C26H20FN3O3S. The maximum Gasteiger partial charge on any atom is 0.336 e. The third-order valence-electron chi connectivity index (χ3n) is 5.37. The van der Waals surface area contributed by atoms with Crippen molar-refractivity contribution in [3.63, 3.8) is 0 Å². The van der Waals surface area contributed by atoms with E-state index in [9.17, 15) is 9.18 Å². The zero-order chi connectivity index (χ0) is 23.5. The lowest BCUT2D eigenvalue weighted by Gasteiger charge is -2.11. The Morgan fingerprint density at radius 1 is 1.09 bits per heavy atom. The van der Waals surface area contributed by atoms with E-state index in [2.05, 4.69) is 16.8 Å². The number of hydrogen-bond donors (Lipinski definition) is 0. The summed E-state index contributed by atoms with van der Waals surface area (Å²) in [7, 11) is 0. The fourth-order valence-electron chi connectivity index (χ4n) is 3.83. The minimum atomic E-state index is -0.436. The van der Waals surface area contributed by atoms with Gasteiger partial charge in [0.2, 0.25) is 0 Å². The average Bonchev–Trinajstić information content (AvgIpc) is 3.23. The smallest absolute Gasteiger partial charge is 0.336 e. The topological polar surface area (TPSA) is 70.2 Å². The molecule has 6 nitrogen and oxygen atoms in total. The first-order chi connectivity index (χ1) is 16.6. The molecule has 0 unspecified atom stereocenters. The molecule has 0 aliphatic heterocycles. The predicted octanol–water partition coefficient (Wildman–Crippen LogP) is 5.73. The molecule has 0 amide bonds. The first kappa shape index (κ1) is 21.9. The van der Waals surface area contributed by atoms with Crippen molar-refractivity contribution in [2.45, 2.75) is 24.1 Å². The summed E-state index contributed by atoms with van der Waals surface area (Å²) in [6.07, 6.45) is 1.74. The van der Waals surface area contributed by atoms with Crippen LogP contribution in [0, 0.1) is 5.82 Å². The number of allylic oxidation sites excluding steroid dienone is 1. The van der Waals surface area contributed by atoms with Gasteiger partial charge in [-0.25, -0.2) is 9.18 Å². The number of rotatable bonds is 8. The quantitative estimate of drug-likeness (QED) is 0.124. The molecule has 0 bridgehead atoms. The second-order valence-corrected chi connectivity index (χ2v) is 8.50. The number of benzene rings is 3. The SMILES string of the molecule is C=CCn1c(COc2ccccc2F)nnc1SCc1cc(=O)oc2ccc3ccccc3c12. The summed E-state index contributed by atoms with van der Waals surface area (Å²) in [5.74, 6) is 0.751. The highest BCUT2D eigenvalue weighted by molar-refractivity contribution is 7.98. The van der Waals surface area contributed by atoms with E-state index in [1.54, 1.807) is 24.3 Å². The molecule has 0 fully saturated rings. The summed E-state index contributed by atoms with van der Waals surface area (Å²) in [6.45, 7) is 4.34. The van der Waals surface area contributed by atoms with Gasteiger partial charge in [-0.05, 0) is 34.5 Å². The third-order valence-corrected chi connectivity index (χ3v) is 6.39. The molecule has 170 valence electrons. The molecule has 3 aromatic carbocycles. The lowest BCUT2D eigenvalue weighted by molar-refractivity contribution is 0.275. The van der Waals surface area contributed by atoms with Crippen molar-refractivity contribution in [1.82, 2.24) is 14.8 Å². The maximum absolute atomic E-state index is 13.9. The fraction of sp³-hybridized carbons (Fsp3) is 0.115. The Hall–Kier alpha value is -3.91. The van der Waals surface area contributed by atoms with Gasteiger partial charge in [0.25, 0.3) is 0 Å². The van der Waals surface area contributed by atoms with Crippen molar-refractivity contribution in [1.29, 1.82) is 0 Å². The number of aromatic nitrogens is 3. The standard InChI is InChI=1S/C26H20FN3O3S/c1-2-13-30-23(15-32-21-10-6-5-9-20(21)27)28-29-26(30)34-16-18-14-24(31)33-22-12-11-17-7-3-4-8-19(17)25(18)22/h2-12,14H,1,13,15-16H2. The minimum Gasteiger partial charge on any atom is -0.483 e. The number of hydrogen-bond acceptors (Lipinski definition) is 6. The van der Waals surface area contributed by atoms with Crippen LogP contribution >= 0.6 is 11.8 Å². The van der Waals surface area contributed by atoms with E-state index in [4.69, 9.17) is 9.15 Å². The van der Waals surface area contributed by atoms with E-state index >= 15 is 0 Å². The van der Waals surface area contributed by atoms with Crippen molar-refractivity contribution < 1.29 is 13.5 Å². The van der Waals surface area contributed by atoms with Crippen molar-refractivity contribution in [2.75, 3.05) is 0 Å². The van der Waals surface area contributed by atoms with Crippen molar-refractivity contribution in [3.8, 4) is 5.75 Å². The molecule has 0 radical (unpaired) electrons. The van der Waals surface area contributed by atoms with Crippen molar-refractivity contribution in [3.05, 3.63) is 107 Å². The van der Waals surface area contributed by atoms with Crippen LogP contribution in [0.5, 0.6) is 5.75 Å². The molecule has 2 aromatic heterocycles. The maximum atomic E-state index is 13.9. The number of thioether (sulfide) groups is 1. The lowest BCUT2D eigenvalue weighted by atomic mass is 10.0. The van der Waals surface area contributed by atoms with Gasteiger partial charge in [-0.2, -0.15) is 0 Å². The predicted molar refractivity (Wildman–Crippen MR) is 131 cm³/mol. The molecule has 5 rings (SSSR count). The Morgan fingerprint density at radius 3 is 2.76 bits per heavy atom. The molecule has 0 atom stereocenters. The summed E-state index contributed by atoms with van der Waals surface area (Å²) >= 11 is 1.45. The van der Waals surface area contributed by atoms with E-state index in [-0.39, 0.29) is 12.4 Å². The highest BCUT2D eigenvalue weighted by atomic mass is 32.2. The minimum absolute atomic E-state index is 0.0603. The highest BCUT2D eigenvalue weighted by Crippen LogP contribution is 2.31. The Morgan fingerprint density at radius 2 is 1.91 bits per heavy atom. The lowest BCUT2D eigenvalue weighted by Crippen LogP contribution is -2.08. The summed E-state index contributed by atoms with van der Waals surface area (Å²) in [6, 6.07) is 19.5. The summed E-state index contributed by atoms with van der Waals surface area (Å²) in [5, 5.41) is 12.2. The Bertz CT molecular complexity index is 1560. The molecule has 0 spiro atoms. The van der Waals surface area contributed by atoms with Crippen LogP contribution < -0.4 is 10.4 Å². The first-order valence-electron chi connectivity index (χ1n) is 10.6. The van der Waals surface area contributed by atoms with Gasteiger partial charge in [0.15, 0.2) is 22.5 Å². The number of halogens is 1.